The van der Waals surface area contributed by atoms with Gasteiger partial charge < -0.3 is 14.8 Å². The van der Waals surface area contributed by atoms with Crippen molar-refractivity contribution >= 4 is 17.7 Å². The number of fused-ring (bicyclic) bond motifs is 1. The molecule has 0 bridgehead atoms. The molecule has 1 aliphatic carbocycles. The minimum atomic E-state index is -0.269. The standard InChI is InChI=1S/C19H19NO3S/c21-19(20-14-6-7-14)18(13-4-2-1-3-5-13)24-15-8-9-16-17(12-15)23-11-10-22-16/h1-5,8-9,12,14,18H,6-7,10-11H2,(H,20,21)/t18-/m0/s1. The Kier molecular flexibility index (Phi) is 4.34. The smallest absolute Gasteiger partial charge is 0.238 e. The van der Waals surface area contributed by atoms with Crippen molar-refractivity contribution in [3.8, 4) is 11.5 Å². The van der Waals surface area contributed by atoms with Crippen LogP contribution in [0.5, 0.6) is 11.5 Å². The van der Waals surface area contributed by atoms with Gasteiger partial charge in [0, 0.05) is 10.9 Å². The fraction of sp³-hybridized carbons (Fsp3) is 0.316. The van der Waals surface area contributed by atoms with Crippen LogP contribution in [-0.4, -0.2) is 25.2 Å². The molecule has 1 saturated carbocycles. The quantitative estimate of drug-likeness (QED) is 0.845. The molecule has 1 fully saturated rings. The van der Waals surface area contributed by atoms with Gasteiger partial charge in [-0.15, -0.1) is 11.8 Å². The normalized spacial score (nSPS) is 17.2. The largest absolute Gasteiger partial charge is 0.486 e. The number of thioether (sulfide) groups is 1. The Morgan fingerprint density at radius 1 is 1.04 bits per heavy atom. The number of carbonyl (C=O) groups is 1. The molecule has 5 heteroatoms. The molecule has 1 atom stereocenters. The van der Waals surface area contributed by atoms with E-state index in [2.05, 4.69) is 5.32 Å². The van der Waals surface area contributed by atoms with E-state index in [4.69, 9.17) is 9.47 Å². The van der Waals surface area contributed by atoms with Crippen LogP contribution >= 0.6 is 11.8 Å². The van der Waals surface area contributed by atoms with Crippen molar-refractivity contribution < 1.29 is 14.3 Å². The second-order valence-corrected chi connectivity index (χ2v) is 7.18. The summed E-state index contributed by atoms with van der Waals surface area (Å²) in [6, 6.07) is 16.1. The van der Waals surface area contributed by atoms with Crippen molar-refractivity contribution in [2.75, 3.05) is 13.2 Å². The average molecular weight is 341 g/mol. The first-order valence-electron chi connectivity index (χ1n) is 8.21. The van der Waals surface area contributed by atoms with E-state index >= 15 is 0 Å². The van der Waals surface area contributed by atoms with E-state index in [1.54, 1.807) is 11.8 Å². The Labute approximate surface area is 145 Å². The summed E-state index contributed by atoms with van der Waals surface area (Å²) in [5, 5.41) is 2.85. The maximum absolute atomic E-state index is 12.7. The number of benzene rings is 2. The predicted molar refractivity (Wildman–Crippen MR) is 93.6 cm³/mol. The first-order chi connectivity index (χ1) is 11.8. The van der Waals surface area contributed by atoms with Gasteiger partial charge >= 0.3 is 0 Å². The minimum Gasteiger partial charge on any atom is -0.486 e. The molecular formula is C19H19NO3S. The van der Waals surface area contributed by atoms with E-state index in [1.165, 1.54) is 0 Å². The zero-order valence-corrected chi connectivity index (χ0v) is 14.1. The third kappa shape index (κ3) is 3.51. The van der Waals surface area contributed by atoms with Crippen LogP contribution in [0.4, 0.5) is 0 Å². The highest BCUT2D eigenvalue weighted by molar-refractivity contribution is 8.00. The number of rotatable bonds is 5. The van der Waals surface area contributed by atoms with Crippen LogP contribution in [-0.2, 0) is 4.79 Å². The molecule has 0 radical (unpaired) electrons. The molecule has 0 aromatic heterocycles. The van der Waals surface area contributed by atoms with Crippen molar-refractivity contribution in [1.82, 2.24) is 5.32 Å². The van der Waals surface area contributed by atoms with Gasteiger partial charge in [-0.25, -0.2) is 0 Å². The van der Waals surface area contributed by atoms with E-state index in [0.29, 0.717) is 19.3 Å². The maximum atomic E-state index is 12.7. The number of carbonyl (C=O) groups excluding carboxylic acids is 1. The van der Waals surface area contributed by atoms with Gasteiger partial charge in [0.15, 0.2) is 11.5 Å². The fourth-order valence-electron chi connectivity index (χ4n) is 2.64. The number of ether oxygens (including phenoxy) is 2. The van der Waals surface area contributed by atoms with Gasteiger partial charge in [0.05, 0.1) is 0 Å². The van der Waals surface area contributed by atoms with Gasteiger partial charge in [-0.05, 0) is 36.6 Å². The zero-order valence-electron chi connectivity index (χ0n) is 13.2. The Balaban J connectivity index is 1.57. The highest BCUT2D eigenvalue weighted by atomic mass is 32.2. The summed E-state index contributed by atoms with van der Waals surface area (Å²) in [4.78, 5) is 13.7. The predicted octanol–water partition coefficient (Wildman–Crippen LogP) is 3.57. The molecule has 124 valence electrons. The molecule has 2 aliphatic rings. The second-order valence-electron chi connectivity index (χ2n) is 6.00. The molecule has 2 aromatic rings. The lowest BCUT2D eigenvalue weighted by atomic mass is 10.1. The molecule has 0 spiro atoms. The third-order valence-corrected chi connectivity index (χ3v) is 5.28. The van der Waals surface area contributed by atoms with Gasteiger partial charge in [0.2, 0.25) is 5.91 Å². The van der Waals surface area contributed by atoms with Gasteiger partial charge in [-0.2, -0.15) is 0 Å². The number of hydrogen-bond donors (Lipinski definition) is 1. The molecule has 2 aromatic carbocycles. The van der Waals surface area contributed by atoms with Crippen LogP contribution in [0.15, 0.2) is 53.4 Å². The molecule has 4 rings (SSSR count). The summed E-state index contributed by atoms with van der Waals surface area (Å²) in [7, 11) is 0. The summed E-state index contributed by atoms with van der Waals surface area (Å²) in [5.74, 6) is 1.59. The molecular weight excluding hydrogens is 322 g/mol. The molecule has 0 saturated heterocycles. The molecule has 24 heavy (non-hydrogen) atoms. The zero-order chi connectivity index (χ0) is 16.4. The molecule has 1 heterocycles. The van der Waals surface area contributed by atoms with Gasteiger partial charge in [0.25, 0.3) is 0 Å². The van der Waals surface area contributed by atoms with Crippen molar-refractivity contribution in [2.45, 2.75) is 29.0 Å². The van der Waals surface area contributed by atoms with Crippen molar-refractivity contribution in [2.24, 2.45) is 0 Å². The number of amides is 1. The first-order valence-corrected chi connectivity index (χ1v) is 9.09. The summed E-state index contributed by atoms with van der Waals surface area (Å²) < 4.78 is 11.2. The lowest BCUT2D eigenvalue weighted by molar-refractivity contribution is -0.120. The third-order valence-electron chi connectivity index (χ3n) is 4.03. The van der Waals surface area contributed by atoms with Crippen LogP contribution in [0.1, 0.15) is 23.7 Å². The Morgan fingerprint density at radius 2 is 1.79 bits per heavy atom. The van der Waals surface area contributed by atoms with Crippen LogP contribution in [0.3, 0.4) is 0 Å². The van der Waals surface area contributed by atoms with Crippen LogP contribution in [0.25, 0.3) is 0 Å². The number of nitrogens with one attached hydrogen (secondary N) is 1. The Morgan fingerprint density at radius 3 is 2.54 bits per heavy atom. The fourth-order valence-corrected chi connectivity index (χ4v) is 3.70. The van der Waals surface area contributed by atoms with Crippen molar-refractivity contribution in [1.29, 1.82) is 0 Å². The maximum Gasteiger partial charge on any atom is 0.238 e. The lowest BCUT2D eigenvalue weighted by Gasteiger charge is -2.20. The SMILES string of the molecule is O=C(NC1CC1)[C@@H](Sc1ccc2c(c1)OCCO2)c1ccccc1. The molecule has 0 unspecified atom stereocenters. The first kappa shape index (κ1) is 15.4. The van der Waals surface area contributed by atoms with E-state index in [-0.39, 0.29) is 11.2 Å². The van der Waals surface area contributed by atoms with Crippen LogP contribution in [0, 0.1) is 0 Å². The van der Waals surface area contributed by atoms with Gasteiger partial charge in [0.1, 0.15) is 18.5 Å². The topological polar surface area (TPSA) is 47.6 Å². The summed E-state index contributed by atoms with van der Waals surface area (Å²) in [6.45, 7) is 1.14. The highest BCUT2D eigenvalue weighted by Crippen LogP contribution is 2.40. The second kappa shape index (κ2) is 6.77. The van der Waals surface area contributed by atoms with E-state index in [1.807, 2.05) is 48.5 Å². The van der Waals surface area contributed by atoms with Crippen LogP contribution < -0.4 is 14.8 Å². The Bertz CT molecular complexity index is 731. The lowest BCUT2D eigenvalue weighted by Crippen LogP contribution is -2.29. The summed E-state index contributed by atoms with van der Waals surface area (Å²) in [6.07, 6.45) is 2.17. The van der Waals surface area contributed by atoms with Crippen molar-refractivity contribution in [3.05, 3.63) is 54.1 Å². The van der Waals surface area contributed by atoms with E-state index in [0.717, 1.165) is 34.8 Å². The molecule has 1 aliphatic heterocycles. The van der Waals surface area contributed by atoms with Gasteiger partial charge in [-0.3, -0.25) is 4.79 Å². The monoisotopic (exact) mass is 341 g/mol. The van der Waals surface area contributed by atoms with Crippen LogP contribution in [0.2, 0.25) is 0 Å². The minimum absolute atomic E-state index is 0.0728. The molecule has 1 amide bonds. The summed E-state index contributed by atoms with van der Waals surface area (Å²) >= 11 is 1.54. The van der Waals surface area contributed by atoms with E-state index < -0.39 is 0 Å². The summed E-state index contributed by atoms with van der Waals surface area (Å²) in [5.41, 5.74) is 1.01. The van der Waals surface area contributed by atoms with Gasteiger partial charge in [-0.1, -0.05) is 30.3 Å². The average Bonchev–Trinajstić information content (AvgIpc) is 3.44. The number of hydrogen-bond acceptors (Lipinski definition) is 4. The molecule has 4 nitrogen and oxygen atoms in total. The van der Waals surface area contributed by atoms with Crippen molar-refractivity contribution in [3.63, 3.8) is 0 Å². The highest BCUT2D eigenvalue weighted by Gasteiger charge is 2.29. The Hall–Kier alpha value is -2.14. The molecule has 1 N–H and O–H groups in total. The van der Waals surface area contributed by atoms with E-state index in [9.17, 15) is 4.79 Å².